The summed E-state index contributed by atoms with van der Waals surface area (Å²) in [7, 11) is 13.0. The number of aliphatic hydroxyl groups is 2. The number of rotatable bonds is 13. The van der Waals surface area contributed by atoms with Gasteiger partial charge in [-0.15, -0.1) is 0 Å². The Kier molecular flexibility index (Phi) is 11.3. The van der Waals surface area contributed by atoms with E-state index >= 15 is 0 Å². The number of halogens is 1. The van der Waals surface area contributed by atoms with Crippen LogP contribution < -0.4 is 26.5 Å². The summed E-state index contributed by atoms with van der Waals surface area (Å²) in [6.07, 6.45) is 1.93. The molecule has 2 N–H and O–H groups in total. The van der Waals surface area contributed by atoms with E-state index in [1.165, 1.54) is 0 Å². The highest BCUT2D eigenvalue weighted by molar-refractivity contribution is 5.37. The second-order valence-corrected chi connectivity index (χ2v) is 11.6. The molecular formula is C28H46BrN2O4+. The van der Waals surface area contributed by atoms with Gasteiger partial charge in [-0.1, -0.05) is 24.3 Å². The lowest BCUT2D eigenvalue weighted by Crippen LogP contribution is -3.00. The van der Waals surface area contributed by atoms with Crippen LogP contribution in [0.15, 0.2) is 48.5 Å². The van der Waals surface area contributed by atoms with Crippen LogP contribution in [0.4, 0.5) is 0 Å². The third-order valence-electron chi connectivity index (χ3n) is 6.26. The average Bonchev–Trinajstić information content (AvgIpc) is 2.73. The second-order valence-electron chi connectivity index (χ2n) is 11.6. The van der Waals surface area contributed by atoms with Gasteiger partial charge in [0.15, 0.2) is 0 Å². The lowest BCUT2D eigenvalue weighted by atomic mass is 9.76. The SMILES string of the molecule is CC(O)(c1ccc(OCCC[N+](C)(C)C)cc1)C(C)(O)c1ccc(OCCC[N+](C)(C)C)cc1.[Br-]. The molecule has 2 aromatic rings. The lowest BCUT2D eigenvalue weighted by Gasteiger charge is -2.39. The van der Waals surface area contributed by atoms with Crippen LogP contribution in [-0.2, 0) is 11.2 Å². The first-order valence-corrected chi connectivity index (χ1v) is 12.1. The molecule has 0 saturated heterocycles. The first kappa shape index (κ1) is 31.4. The Labute approximate surface area is 223 Å². The van der Waals surface area contributed by atoms with Crippen molar-refractivity contribution in [1.82, 2.24) is 0 Å². The van der Waals surface area contributed by atoms with Crippen LogP contribution in [0.5, 0.6) is 11.5 Å². The Morgan fingerprint density at radius 1 is 0.600 bits per heavy atom. The summed E-state index contributed by atoms with van der Waals surface area (Å²) < 4.78 is 13.5. The molecule has 0 bridgehead atoms. The van der Waals surface area contributed by atoms with Crippen molar-refractivity contribution < 1.29 is 45.6 Å². The van der Waals surface area contributed by atoms with Crippen LogP contribution in [0.2, 0.25) is 0 Å². The molecule has 0 aliphatic heterocycles. The van der Waals surface area contributed by atoms with E-state index in [9.17, 15) is 10.2 Å². The third-order valence-corrected chi connectivity index (χ3v) is 6.26. The van der Waals surface area contributed by atoms with Crippen molar-refractivity contribution in [3.05, 3.63) is 59.7 Å². The van der Waals surface area contributed by atoms with Crippen LogP contribution in [0, 0.1) is 0 Å². The average molecular weight is 555 g/mol. The summed E-state index contributed by atoms with van der Waals surface area (Å²) in [5.41, 5.74) is -1.75. The van der Waals surface area contributed by atoms with Crippen molar-refractivity contribution in [1.29, 1.82) is 0 Å². The monoisotopic (exact) mass is 553 g/mol. The van der Waals surface area contributed by atoms with Gasteiger partial charge in [0.25, 0.3) is 0 Å². The Morgan fingerprint density at radius 2 is 0.886 bits per heavy atom. The van der Waals surface area contributed by atoms with Gasteiger partial charge in [-0.25, -0.2) is 0 Å². The summed E-state index contributed by atoms with van der Waals surface area (Å²) in [5.74, 6) is 1.51. The van der Waals surface area contributed by atoms with Gasteiger partial charge in [0.1, 0.15) is 22.7 Å². The third kappa shape index (κ3) is 9.73. The fraction of sp³-hybridized carbons (Fsp3) is 0.571. The maximum atomic E-state index is 11.4. The molecule has 2 atom stereocenters. The van der Waals surface area contributed by atoms with Gasteiger partial charge in [-0.3, -0.25) is 0 Å². The van der Waals surface area contributed by atoms with Crippen molar-refractivity contribution in [3.8, 4) is 11.5 Å². The number of quaternary nitrogens is 2. The zero-order valence-corrected chi connectivity index (χ0v) is 24.4. The number of hydrogen-bond donors (Lipinski definition) is 2. The molecule has 0 heterocycles. The molecule has 2 unspecified atom stereocenters. The van der Waals surface area contributed by atoms with Crippen LogP contribution in [-0.4, -0.2) is 87.8 Å². The van der Waals surface area contributed by atoms with E-state index in [2.05, 4.69) is 42.3 Å². The van der Waals surface area contributed by atoms with Crippen LogP contribution in [0.25, 0.3) is 0 Å². The van der Waals surface area contributed by atoms with Gasteiger partial charge in [0, 0.05) is 12.8 Å². The van der Waals surface area contributed by atoms with Crippen molar-refractivity contribution in [2.24, 2.45) is 0 Å². The van der Waals surface area contributed by atoms with Gasteiger partial charge in [-0.2, -0.15) is 0 Å². The molecule has 198 valence electrons. The zero-order valence-electron chi connectivity index (χ0n) is 22.8. The predicted molar refractivity (Wildman–Crippen MR) is 138 cm³/mol. The van der Waals surface area contributed by atoms with Gasteiger partial charge in [0.2, 0.25) is 0 Å². The number of nitrogens with zero attached hydrogens (tertiary/aromatic N) is 2. The van der Waals surface area contributed by atoms with Gasteiger partial charge >= 0.3 is 0 Å². The van der Waals surface area contributed by atoms with Crippen molar-refractivity contribution in [2.75, 3.05) is 68.6 Å². The van der Waals surface area contributed by atoms with E-state index in [-0.39, 0.29) is 17.0 Å². The highest BCUT2D eigenvalue weighted by atomic mass is 79.9. The zero-order chi connectivity index (χ0) is 25.6. The molecular weight excluding hydrogens is 508 g/mol. The normalized spacial score (nSPS) is 15.5. The van der Waals surface area contributed by atoms with E-state index in [4.69, 9.17) is 9.47 Å². The Hall–Kier alpha value is -1.64. The molecule has 2 rings (SSSR count). The van der Waals surface area contributed by atoms with E-state index < -0.39 is 11.2 Å². The predicted octanol–water partition coefficient (Wildman–Crippen LogP) is 0.756. The van der Waals surface area contributed by atoms with Crippen molar-refractivity contribution in [2.45, 2.75) is 37.9 Å². The number of benzene rings is 2. The Bertz CT molecular complexity index is 808. The summed E-state index contributed by atoms with van der Waals surface area (Å²) in [6, 6.07) is 14.6. The minimum atomic E-state index is -1.50. The van der Waals surface area contributed by atoms with E-state index in [0.29, 0.717) is 24.3 Å². The lowest BCUT2D eigenvalue weighted by molar-refractivity contribution is -0.870. The second kappa shape index (κ2) is 12.5. The summed E-state index contributed by atoms with van der Waals surface area (Å²) >= 11 is 0. The van der Waals surface area contributed by atoms with E-state index in [0.717, 1.165) is 46.4 Å². The minimum Gasteiger partial charge on any atom is -1.00 e. The molecule has 0 spiro atoms. The summed E-state index contributed by atoms with van der Waals surface area (Å²) in [5, 5.41) is 22.7. The first-order valence-electron chi connectivity index (χ1n) is 12.1. The fourth-order valence-electron chi connectivity index (χ4n) is 3.77. The molecule has 0 aromatic heterocycles. The van der Waals surface area contributed by atoms with E-state index in [1.54, 1.807) is 13.8 Å². The van der Waals surface area contributed by atoms with Crippen LogP contribution in [0.3, 0.4) is 0 Å². The van der Waals surface area contributed by atoms with Gasteiger partial charge < -0.3 is 45.6 Å². The molecule has 6 nitrogen and oxygen atoms in total. The van der Waals surface area contributed by atoms with Gasteiger partial charge in [0.05, 0.1) is 68.6 Å². The molecule has 0 radical (unpaired) electrons. The maximum absolute atomic E-state index is 11.4. The fourth-order valence-corrected chi connectivity index (χ4v) is 3.77. The maximum Gasteiger partial charge on any atom is 0.119 e. The van der Waals surface area contributed by atoms with Crippen LogP contribution in [0.1, 0.15) is 37.8 Å². The number of hydrogen-bond acceptors (Lipinski definition) is 4. The van der Waals surface area contributed by atoms with Crippen molar-refractivity contribution >= 4 is 0 Å². The molecule has 2 aromatic carbocycles. The molecule has 7 heteroatoms. The quantitative estimate of drug-likeness (QED) is 0.284. The molecule has 0 saturated carbocycles. The van der Waals surface area contributed by atoms with Gasteiger partial charge in [-0.05, 0) is 49.2 Å². The summed E-state index contributed by atoms with van der Waals surface area (Å²) in [6.45, 7) is 6.64. The molecule has 35 heavy (non-hydrogen) atoms. The van der Waals surface area contributed by atoms with Crippen LogP contribution >= 0.6 is 0 Å². The topological polar surface area (TPSA) is 58.9 Å². The Morgan fingerprint density at radius 3 is 1.14 bits per heavy atom. The molecule has 0 amide bonds. The highest BCUT2D eigenvalue weighted by Crippen LogP contribution is 2.41. The minimum absolute atomic E-state index is 0. The van der Waals surface area contributed by atoms with Crippen molar-refractivity contribution in [3.63, 3.8) is 0 Å². The first-order chi connectivity index (χ1) is 15.6. The van der Waals surface area contributed by atoms with E-state index in [1.807, 2.05) is 48.5 Å². The highest BCUT2D eigenvalue weighted by Gasteiger charge is 2.44. The standard InChI is InChI=1S/C28H46N2O4.BrH/c1-27(31,23-11-15-25(16-12-23)33-21-9-19-29(3,4)5)28(2,32)24-13-17-26(18-14-24)34-22-10-20-30(6,7)8;/h11-18,31-32H,9-10,19-22H2,1-8H3;1H/q+2;/p-1. The largest absolute Gasteiger partial charge is 1.00 e. The molecule has 0 aliphatic rings. The smallest absolute Gasteiger partial charge is 0.119 e. The Balaban J connectivity index is 0.00000612. The molecule has 0 aliphatic carbocycles. The number of ether oxygens (including phenoxy) is 2. The molecule has 0 fully saturated rings. The summed E-state index contributed by atoms with van der Waals surface area (Å²) in [4.78, 5) is 0.